The van der Waals surface area contributed by atoms with Crippen LogP contribution in [0, 0.1) is 11.7 Å². The number of imidazole rings is 1. The van der Waals surface area contributed by atoms with E-state index >= 15 is 0 Å². The summed E-state index contributed by atoms with van der Waals surface area (Å²) in [7, 11) is 0. The van der Waals surface area contributed by atoms with Gasteiger partial charge in [0.05, 0.1) is 6.54 Å². The second-order valence-corrected chi connectivity index (χ2v) is 7.35. The molecule has 2 atom stereocenters. The minimum atomic E-state index is -1.24. The Labute approximate surface area is 167 Å². The molecule has 1 aromatic carbocycles. The minimum absolute atomic E-state index is 0.0558. The van der Waals surface area contributed by atoms with Gasteiger partial charge in [-0.3, -0.25) is 24.0 Å². The number of aromatic nitrogens is 2. The van der Waals surface area contributed by atoms with Crippen LogP contribution in [-0.4, -0.2) is 43.4 Å². The van der Waals surface area contributed by atoms with Gasteiger partial charge < -0.3 is 10.2 Å². The van der Waals surface area contributed by atoms with Crippen LogP contribution in [0.5, 0.6) is 0 Å². The molecule has 29 heavy (non-hydrogen) atoms. The molecular weight excluding hydrogens is 381 g/mol. The average molecular weight is 407 g/mol. The molecule has 0 aliphatic carbocycles. The summed E-state index contributed by atoms with van der Waals surface area (Å²) in [5.74, 6) is -2.68. The Morgan fingerprint density at radius 2 is 1.69 bits per heavy atom. The number of aliphatic carboxylic acids is 2. The van der Waals surface area contributed by atoms with E-state index in [0.29, 0.717) is 12.0 Å². The third-order valence-corrected chi connectivity index (χ3v) is 4.58. The first-order valence-corrected chi connectivity index (χ1v) is 9.39. The van der Waals surface area contributed by atoms with Crippen molar-refractivity contribution >= 4 is 11.9 Å². The maximum Gasteiger partial charge on any atom is 0.328 e. The van der Waals surface area contributed by atoms with Crippen molar-refractivity contribution in [1.29, 1.82) is 0 Å². The Morgan fingerprint density at radius 1 is 1.07 bits per heavy atom. The molecule has 0 amide bonds. The number of carboxylic acid groups (broad SMARTS) is 2. The van der Waals surface area contributed by atoms with E-state index in [1.54, 1.807) is 18.2 Å². The van der Waals surface area contributed by atoms with Crippen molar-refractivity contribution in [2.75, 3.05) is 0 Å². The second kappa shape index (κ2) is 10.0. The number of carboxylic acids is 2. The van der Waals surface area contributed by atoms with Crippen molar-refractivity contribution in [1.82, 2.24) is 14.5 Å². The lowest BCUT2D eigenvalue weighted by molar-refractivity contribution is -0.143. The van der Waals surface area contributed by atoms with Crippen LogP contribution >= 0.6 is 0 Å². The average Bonchev–Trinajstić information content (AvgIpc) is 2.99. The number of nitrogens with one attached hydrogen (secondary N) is 1. The molecule has 1 heterocycles. The van der Waals surface area contributed by atoms with Gasteiger partial charge in [0.25, 0.3) is 0 Å². The number of hydrogen-bond acceptors (Lipinski definition) is 4. The Bertz CT molecular complexity index is 906. The largest absolute Gasteiger partial charge is 0.480 e. The summed E-state index contributed by atoms with van der Waals surface area (Å²) in [6.07, 6.45) is 3.52. The van der Waals surface area contributed by atoms with Crippen LogP contribution in [0.3, 0.4) is 0 Å². The van der Waals surface area contributed by atoms with Crippen LogP contribution in [0.4, 0.5) is 4.39 Å². The zero-order valence-electron chi connectivity index (χ0n) is 16.4. The van der Waals surface area contributed by atoms with Crippen LogP contribution in [0.25, 0.3) is 0 Å². The van der Waals surface area contributed by atoms with Crippen molar-refractivity contribution in [3.8, 4) is 0 Å². The predicted octanol–water partition coefficient (Wildman–Crippen LogP) is 1.57. The van der Waals surface area contributed by atoms with Gasteiger partial charge in [0.15, 0.2) is 0 Å². The molecule has 0 bridgehead atoms. The van der Waals surface area contributed by atoms with Gasteiger partial charge >= 0.3 is 17.6 Å². The molecule has 0 saturated carbocycles. The summed E-state index contributed by atoms with van der Waals surface area (Å²) in [6, 6.07) is 4.02. The smallest absolute Gasteiger partial charge is 0.328 e. The molecule has 0 saturated heterocycles. The molecule has 1 unspecified atom stereocenters. The van der Waals surface area contributed by atoms with E-state index in [1.807, 2.05) is 13.8 Å². The lowest BCUT2D eigenvalue weighted by atomic mass is 10.0. The fraction of sp³-hybridized carbons (Fsp3) is 0.450. The van der Waals surface area contributed by atoms with Crippen molar-refractivity contribution in [3.05, 3.63) is 58.5 Å². The van der Waals surface area contributed by atoms with Gasteiger partial charge in [-0.15, -0.1) is 0 Å². The van der Waals surface area contributed by atoms with Gasteiger partial charge in [0.1, 0.15) is 17.9 Å². The highest BCUT2D eigenvalue weighted by molar-refractivity contribution is 5.77. The number of halogens is 1. The van der Waals surface area contributed by atoms with Gasteiger partial charge in [-0.25, -0.2) is 9.18 Å². The highest BCUT2D eigenvalue weighted by atomic mass is 19.1. The van der Waals surface area contributed by atoms with Gasteiger partial charge in [0, 0.05) is 18.9 Å². The third-order valence-electron chi connectivity index (χ3n) is 4.58. The number of aryl methyl sites for hydroxylation is 2. The number of nitrogens with zero attached hydrogens (tertiary/aromatic N) is 2. The zero-order chi connectivity index (χ0) is 21.6. The van der Waals surface area contributed by atoms with E-state index in [4.69, 9.17) is 0 Å². The number of hydrogen-bond donors (Lipinski definition) is 3. The molecule has 0 spiro atoms. The first-order chi connectivity index (χ1) is 13.7. The molecule has 158 valence electrons. The topological polar surface area (TPSA) is 114 Å². The Morgan fingerprint density at radius 3 is 2.28 bits per heavy atom. The molecule has 0 aliphatic rings. The van der Waals surface area contributed by atoms with Crippen LogP contribution in [-0.2, 0) is 29.1 Å². The highest BCUT2D eigenvalue weighted by Crippen LogP contribution is 2.09. The molecule has 2 rings (SSSR count). The molecule has 0 radical (unpaired) electrons. The van der Waals surface area contributed by atoms with Crippen molar-refractivity contribution in [3.63, 3.8) is 0 Å². The standard InChI is InChI=1S/C20H26FN3O5/c1-13(2)11-16(18(25)26)22-17(19(27)28)12-24-10-9-23(20(24)29)8-7-14-5-3-4-6-15(14)21/h3-6,9-10,13,16-17,22H,7-8,11-12H2,1-2H3,(H,25,26)(H,27,28)/t16-,17?/m0/s1. The maximum atomic E-state index is 13.7. The number of benzene rings is 1. The predicted molar refractivity (Wildman–Crippen MR) is 104 cm³/mol. The van der Waals surface area contributed by atoms with E-state index in [0.717, 1.165) is 0 Å². The van der Waals surface area contributed by atoms with Crippen molar-refractivity contribution < 1.29 is 24.2 Å². The summed E-state index contributed by atoms with van der Waals surface area (Å²) in [5.41, 5.74) is 0.0420. The zero-order valence-corrected chi connectivity index (χ0v) is 16.4. The third kappa shape index (κ3) is 6.28. The van der Waals surface area contributed by atoms with E-state index in [-0.39, 0.29) is 31.2 Å². The van der Waals surface area contributed by atoms with Gasteiger partial charge in [-0.05, 0) is 30.4 Å². The van der Waals surface area contributed by atoms with E-state index in [9.17, 15) is 29.0 Å². The van der Waals surface area contributed by atoms with Crippen molar-refractivity contribution in [2.24, 2.45) is 5.92 Å². The molecule has 0 fully saturated rings. The summed E-state index contributed by atoms with van der Waals surface area (Å²) in [4.78, 5) is 35.5. The molecule has 3 N–H and O–H groups in total. The van der Waals surface area contributed by atoms with Gasteiger partial charge in [0.2, 0.25) is 0 Å². The summed E-state index contributed by atoms with van der Waals surface area (Å²) >= 11 is 0. The summed E-state index contributed by atoms with van der Waals surface area (Å²) in [6.45, 7) is 3.70. The molecule has 0 aliphatic heterocycles. The first-order valence-electron chi connectivity index (χ1n) is 9.39. The lowest BCUT2D eigenvalue weighted by Gasteiger charge is -2.21. The quantitative estimate of drug-likeness (QED) is 0.521. The molecule has 1 aromatic heterocycles. The molecule has 8 nitrogen and oxygen atoms in total. The van der Waals surface area contributed by atoms with Gasteiger partial charge in [-0.2, -0.15) is 0 Å². The highest BCUT2D eigenvalue weighted by Gasteiger charge is 2.27. The fourth-order valence-corrected chi connectivity index (χ4v) is 3.06. The van der Waals surface area contributed by atoms with Crippen LogP contribution in [0.15, 0.2) is 41.5 Å². The summed E-state index contributed by atoms with van der Waals surface area (Å²) in [5, 5.41) is 21.4. The van der Waals surface area contributed by atoms with Crippen LogP contribution in [0.2, 0.25) is 0 Å². The van der Waals surface area contributed by atoms with E-state index in [2.05, 4.69) is 5.32 Å². The fourth-order valence-electron chi connectivity index (χ4n) is 3.06. The Balaban J connectivity index is 2.09. The van der Waals surface area contributed by atoms with Gasteiger partial charge in [-0.1, -0.05) is 32.0 Å². The maximum absolute atomic E-state index is 13.7. The molecule has 9 heteroatoms. The van der Waals surface area contributed by atoms with Crippen LogP contribution in [0.1, 0.15) is 25.8 Å². The normalized spacial score (nSPS) is 13.4. The van der Waals surface area contributed by atoms with E-state index < -0.39 is 29.7 Å². The SMILES string of the molecule is CC(C)C[C@H](NC(Cn1ccn(CCc2ccccc2F)c1=O)C(=O)O)C(=O)O. The second-order valence-electron chi connectivity index (χ2n) is 7.35. The first kappa shape index (κ1) is 22.4. The Kier molecular flexibility index (Phi) is 7.72. The minimum Gasteiger partial charge on any atom is -0.480 e. The number of carbonyl (C=O) groups is 2. The number of rotatable bonds is 11. The van der Waals surface area contributed by atoms with Crippen LogP contribution < -0.4 is 11.0 Å². The lowest BCUT2D eigenvalue weighted by Crippen LogP contribution is -2.50. The Hall–Kier alpha value is -2.94. The van der Waals surface area contributed by atoms with Crippen molar-refractivity contribution in [2.45, 2.75) is 51.9 Å². The monoisotopic (exact) mass is 407 g/mol. The molecular formula is C20H26FN3O5. The molecule has 2 aromatic rings. The van der Waals surface area contributed by atoms with E-state index in [1.165, 1.54) is 27.6 Å². The summed E-state index contributed by atoms with van der Waals surface area (Å²) < 4.78 is 16.3.